The van der Waals surface area contributed by atoms with Gasteiger partial charge in [-0.05, 0) is 69.3 Å². The third-order valence-electron chi connectivity index (χ3n) is 8.43. The highest BCUT2D eigenvalue weighted by molar-refractivity contribution is 6.19. The fraction of sp³-hybridized carbons (Fsp3) is 0.158. The second-order valence-corrected chi connectivity index (χ2v) is 12.1. The average Bonchev–Trinajstić information content (AvgIpc) is 3.34. The van der Waals surface area contributed by atoms with Crippen molar-refractivity contribution in [3.8, 4) is 28.5 Å². The number of fused-ring (bicyclic) bond motifs is 6. The molecular weight excluding hydrogens is 500 g/mol. The van der Waals surface area contributed by atoms with Gasteiger partial charge in [-0.2, -0.15) is 5.26 Å². The van der Waals surface area contributed by atoms with Crippen LogP contribution in [0.4, 0.5) is 0 Å². The number of nitriles is 1. The maximum atomic E-state index is 10.3. The maximum Gasteiger partial charge on any atom is 0.216 e. The first-order valence-corrected chi connectivity index (χ1v) is 14.1. The number of rotatable bonds is 2. The Morgan fingerprint density at radius 2 is 1.37 bits per heavy atom. The van der Waals surface area contributed by atoms with E-state index in [0.29, 0.717) is 5.56 Å². The van der Waals surface area contributed by atoms with Crippen LogP contribution in [0, 0.1) is 18.3 Å². The number of aryl methyl sites for hydroxylation is 2. The molecule has 0 N–H and O–H groups in total. The van der Waals surface area contributed by atoms with Gasteiger partial charge in [0.1, 0.15) is 18.2 Å². The van der Waals surface area contributed by atoms with Gasteiger partial charge >= 0.3 is 0 Å². The predicted octanol–water partition coefficient (Wildman–Crippen LogP) is 9.53. The molecule has 3 heteroatoms. The van der Waals surface area contributed by atoms with Gasteiger partial charge in [0.25, 0.3) is 0 Å². The summed E-state index contributed by atoms with van der Waals surface area (Å²) in [6.07, 6.45) is 2.22. The Bertz CT molecular complexity index is 2220. The largest absolute Gasteiger partial charge is 0.454 e. The molecular formula is C38H31N2O+. The number of benzene rings is 5. The summed E-state index contributed by atoms with van der Waals surface area (Å²) in [5, 5.41) is 17.0. The third-order valence-corrected chi connectivity index (χ3v) is 8.43. The first kappa shape index (κ1) is 25.1. The van der Waals surface area contributed by atoms with Crippen molar-refractivity contribution >= 4 is 43.5 Å². The molecule has 0 amide bonds. The van der Waals surface area contributed by atoms with E-state index in [1.807, 2.05) is 12.1 Å². The Balaban J connectivity index is 1.58. The van der Waals surface area contributed by atoms with Crippen molar-refractivity contribution in [1.82, 2.24) is 0 Å². The molecule has 7 aromatic rings. The molecule has 41 heavy (non-hydrogen) atoms. The lowest BCUT2D eigenvalue weighted by atomic mass is 9.87. The molecule has 3 nitrogen and oxygen atoms in total. The maximum absolute atomic E-state index is 10.3. The molecule has 0 aliphatic carbocycles. The monoisotopic (exact) mass is 531 g/mol. The van der Waals surface area contributed by atoms with E-state index in [4.69, 9.17) is 4.42 Å². The van der Waals surface area contributed by atoms with E-state index >= 15 is 0 Å². The Hall–Kier alpha value is -4.94. The fourth-order valence-electron chi connectivity index (χ4n) is 6.25. The van der Waals surface area contributed by atoms with Crippen molar-refractivity contribution in [1.29, 1.82) is 5.26 Å². The van der Waals surface area contributed by atoms with E-state index in [0.717, 1.165) is 60.7 Å². The highest BCUT2D eigenvalue weighted by atomic mass is 16.3. The summed E-state index contributed by atoms with van der Waals surface area (Å²) < 4.78 is 9.10. The number of furan rings is 1. The zero-order valence-electron chi connectivity index (χ0n) is 24.0. The van der Waals surface area contributed by atoms with Crippen LogP contribution >= 0.6 is 0 Å². The molecule has 0 fully saturated rings. The molecule has 0 radical (unpaired) electrons. The molecule has 2 aromatic heterocycles. The minimum atomic E-state index is 0.0575. The van der Waals surface area contributed by atoms with E-state index in [-0.39, 0.29) is 5.41 Å². The Kier molecular flexibility index (Phi) is 5.53. The van der Waals surface area contributed by atoms with Crippen molar-refractivity contribution in [2.45, 2.75) is 33.1 Å². The summed E-state index contributed by atoms with van der Waals surface area (Å²) >= 11 is 0. The fourth-order valence-corrected chi connectivity index (χ4v) is 6.25. The standard InChI is InChI=1S/C38H31N2O/c1-23-14-17-30-31-18-15-25(21-39)35(32-20-24-10-6-7-11-27(24)28-12-8-9-13-29(28)32)37(31)41-36(30)34(23)33-19-16-26(22-40(33)5)38(2,3)4/h6-20,22H,1-5H3/q+1. The normalized spacial score (nSPS) is 12.0. The smallest absolute Gasteiger partial charge is 0.216 e. The molecule has 0 aliphatic rings. The van der Waals surface area contributed by atoms with Crippen LogP contribution in [0.25, 0.3) is 65.9 Å². The first-order valence-electron chi connectivity index (χ1n) is 14.1. The van der Waals surface area contributed by atoms with E-state index in [1.165, 1.54) is 16.3 Å². The van der Waals surface area contributed by atoms with E-state index in [1.54, 1.807) is 0 Å². The van der Waals surface area contributed by atoms with Crippen molar-refractivity contribution in [3.63, 3.8) is 0 Å². The van der Waals surface area contributed by atoms with Crippen LogP contribution < -0.4 is 4.57 Å². The molecule has 0 bridgehead atoms. The van der Waals surface area contributed by atoms with Crippen LogP contribution in [-0.2, 0) is 12.5 Å². The zero-order chi connectivity index (χ0) is 28.5. The van der Waals surface area contributed by atoms with Gasteiger partial charge in [0.05, 0.1) is 17.2 Å². The van der Waals surface area contributed by atoms with Gasteiger partial charge in [-0.3, -0.25) is 0 Å². The summed E-state index contributed by atoms with van der Waals surface area (Å²) in [6, 6.07) is 34.3. The van der Waals surface area contributed by atoms with E-state index in [9.17, 15) is 5.26 Å². The molecule has 5 aromatic carbocycles. The molecule has 7 rings (SSSR count). The lowest BCUT2D eigenvalue weighted by Gasteiger charge is -2.17. The molecule has 0 saturated heterocycles. The molecule has 198 valence electrons. The van der Waals surface area contributed by atoms with Gasteiger partial charge in [-0.25, -0.2) is 4.57 Å². The van der Waals surface area contributed by atoms with Crippen molar-refractivity contribution in [2.24, 2.45) is 7.05 Å². The van der Waals surface area contributed by atoms with Crippen LogP contribution in [0.3, 0.4) is 0 Å². The lowest BCUT2D eigenvalue weighted by molar-refractivity contribution is -0.661. The van der Waals surface area contributed by atoms with Crippen molar-refractivity contribution in [2.75, 3.05) is 0 Å². The highest BCUT2D eigenvalue weighted by Gasteiger charge is 2.25. The lowest BCUT2D eigenvalue weighted by Crippen LogP contribution is -2.33. The molecule has 2 heterocycles. The van der Waals surface area contributed by atoms with E-state index < -0.39 is 0 Å². The Morgan fingerprint density at radius 1 is 0.707 bits per heavy atom. The number of hydrogen-bond donors (Lipinski definition) is 0. The Morgan fingerprint density at radius 3 is 2.07 bits per heavy atom. The van der Waals surface area contributed by atoms with Crippen LogP contribution in [0.5, 0.6) is 0 Å². The number of pyridine rings is 1. The number of nitrogens with zero attached hydrogens (tertiary/aromatic N) is 2. The highest BCUT2D eigenvalue weighted by Crippen LogP contribution is 2.44. The molecule has 0 spiro atoms. The van der Waals surface area contributed by atoms with Crippen molar-refractivity contribution < 1.29 is 8.98 Å². The molecule has 0 atom stereocenters. The van der Waals surface area contributed by atoms with Crippen LogP contribution in [-0.4, -0.2) is 0 Å². The quantitative estimate of drug-likeness (QED) is 0.165. The van der Waals surface area contributed by atoms with Crippen LogP contribution in [0.1, 0.15) is 37.5 Å². The second kappa shape index (κ2) is 9.04. The summed E-state index contributed by atoms with van der Waals surface area (Å²) in [4.78, 5) is 0. The van der Waals surface area contributed by atoms with Gasteiger partial charge in [0, 0.05) is 28.0 Å². The van der Waals surface area contributed by atoms with Gasteiger partial charge in [0.15, 0.2) is 6.20 Å². The molecule has 0 aliphatic heterocycles. The Labute approximate surface area is 239 Å². The molecule has 0 saturated carbocycles. The van der Waals surface area contributed by atoms with Crippen LogP contribution in [0.2, 0.25) is 0 Å². The number of aromatic nitrogens is 1. The first-order chi connectivity index (χ1) is 19.8. The van der Waals surface area contributed by atoms with Gasteiger partial charge in [0.2, 0.25) is 5.69 Å². The van der Waals surface area contributed by atoms with Gasteiger partial charge in [-0.1, -0.05) is 81.4 Å². The molecule has 0 unspecified atom stereocenters. The van der Waals surface area contributed by atoms with E-state index in [2.05, 4.69) is 130 Å². The average molecular weight is 532 g/mol. The summed E-state index contributed by atoms with van der Waals surface area (Å²) in [7, 11) is 2.10. The zero-order valence-corrected chi connectivity index (χ0v) is 24.0. The van der Waals surface area contributed by atoms with Gasteiger partial charge in [-0.15, -0.1) is 0 Å². The minimum absolute atomic E-state index is 0.0575. The van der Waals surface area contributed by atoms with Crippen molar-refractivity contribution in [3.05, 3.63) is 114 Å². The topological polar surface area (TPSA) is 40.8 Å². The minimum Gasteiger partial charge on any atom is -0.454 e. The number of hydrogen-bond acceptors (Lipinski definition) is 2. The summed E-state index contributed by atoms with van der Waals surface area (Å²) in [5.74, 6) is 0. The predicted molar refractivity (Wildman–Crippen MR) is 169 cm³/mol. The summed E-state index contributed by atoms with van der Waals surface area (Å²) in [6.45, 7) is 8.84. The van der Waals surface area contributed by atoms with Gasteiger partial charge < -0.3 is 4.42 Å². The second-order valence-electron chi connectivity index (χ2n) is 12.1. The third kappa shape index (κ3) is 3.83. The van der Waals surface area contributed by atoms with Crippen LogP contribution in [0.15, 0.2) is 102 Å². The summed E-state index contributed by atoms with van der Waals surface area (Å²) in [5.41, 5.74) is 8.72. The SMILES string of the molecule is Cc1ccc2c(oc3c(-c4cc5ccccc5c5ccccc45)c(C#N)ccc32)c1-c1ccc(C(C)(C)C)c[n+]1C.